The first-order valence-corrected chi connectivity index (χ1v) is 5.69. The third-order valence-corrected chi connectivity index (χ3v) is 2.67. The van der Waals surface area contributed by atoms with Gasteiger partial charge in [-0.3, -0.25) is 4.79 Å². The van der Waals surface area contributed by atoms with E-state index in [-0.39, 0.29) is 65.6 Å². The van der Waals surface area contributed by atoms with E-state index in [4.69, 9.17) is 4.74 Å². The summed E-state index contributed by atoms with van der Waals surface area (Å²) in [6, 6.07) is 0. The molecular formula is C12H17NaO4. The van der Waals surface area contributed by atoms with E-state index in [0.717, 1.165) is 6.42 Å². The van der Waals surface area contributed by atoms with Gasteiger partial charge in [0.05, 0.1) is 6.61 Å². The Balaban J connectivity index is 0.00000256. The first-order valence-electron chi connectivity index (χ1n) is 5.69. The molecule has 0 aromatic rings. The second kappa shape index (κ2) is 7.90. The van der Waals surface area contributed by atoms with Gasteiger partial charge < -0.3 is 9.84 Å². The molecule has 0 aromatic carbocycles. The Morgan fingerprint density at radius 1 is 1.47 bits per heavy atom. The van der Waals surface area contributed by atoms with Crippen LogP contribution in [0.2, 0.25) is 0 Å². The van der Waals surface area contributed by atoms with Crippen molar-refractivity contribution in [3.05, 3.63) is 11.3 Å². The van der Waals surface area contributed by atoms with Crippen molar-refractivity contribution in [2.75, 3.05) is 6.61 Å². The molecule has 0 heterocycles. The van der Waals surface area contributed by atoms with E-state index < -0.39 is 5.97 Å². The summed E-state index contributed by atoms with van der Waals surface area (Å²) in [5.74, 6) is -1.21. The second-order valence-corrected chi connectivity index (χ2v) is 3.96. The molecule has 17 heavy (non-hydrogen) atoms. The van der Waals surface area contributed by atoms with Gasteiger partial charge in [-0.05, 0) is 19.3 Å². The van der Waals surface area contributed by atoms with Crippen LogP contribution in [-0.4, -0.2) is 18.4 Å². The summed E-state index contributed by atoms with van der Waals surface area (Å²) in [6.45, 7) is 3.92. The number of hydrogen-bond donors (Lipinski definition) is 0. The standard InChI is InChI=1S/C12H18O4.Na/c1-3-5-8-6-9(13)7-10(14)11(8)12(15)16-4-2;/h8,14H,3-7H2,1-2H3;/q;+1/p-1. The third-order valence-electron chi connectivity index (χ3n) is 2.67. The molecule has 0 radical (unpaired) electrons. The van der Waals surface area contributed by atoms with Gasteiger partial charge in [0.25, 0.3) is 0 Å². The minimum absolute atomic E-state index is 0. The number of carbonyl (C=O) groups excluding carboxylic acids is 2. The summed E-state index contributed by atoms with van der Waals surface area (Å²) in [6.07, 6.45) is 1.68. The van der Waals surface area contributed by atoms with Crippen molar-refractivity contribution in [3.63, 3.8) is 0 Å². The number of allylic oxidation sites excluding steroid dienone is 1. The number of Topliss-reactive ketones (excluding diaryl/α,β-unsaturated/α-hetero) is 1. The zero-order valence-corrected chi connectivity index (χ0v) is 12.7. The van der Waals surface area contributed by atoms with Crippen LogP contribution in [0.1, 0.15) is 39.5 Å². The largest absolute Gasteiger partial charge is 1.00 e. The molecule has 1 aliphatic rings. The molecule has 0 spiro atoms. The van der Waals surface area contributed by atoms with Crippen molar-refractivity contribution < 1.29 is 49.0 Å². The molecule has 1 rings (SSSR count). The first kappa shape index (κ1) is 16.7. The van der Waals surface area contributed by atoms with E-state index in [9.17, 15) is 14.7 Å². The zero-order valence-electron chi connectivity index (χ0n) is 10.7. The summed E-state index contributed by atoms with van der Waals surface area (Å²) in [5, 5.41) is 11.6. The Hall–Kier alpha value is -0.320. The van der Waals surface area contributed by atoms with E-state index in [1.54, 1.807) is 6.92 Å². The number of esters is 1. The van der Waals surface area contributed by atoms with Gasteiger partial charge in [0.1, 0.15) is 5.78 Å². The van der Waals surface area contributed by atoms with Crippen LogP contribution in [0.25, 0.3) is 0 Å². The first-order chi connectivity index (χ1) is 7.60. The summed E-state index contributed by atoms with van der Waals surface area (Å²) in [4.78, 5) is 22.9. The van der Waals surface area contributed by atoms with Gasteiger partial charge in [0.2, 0.25) is 0 Å². The number of carbonyl (C=O) groups is 2. The Morgan fingerprint density at radius 3 is 2.65 bits per heavy atom. The maximum atomic E-state index is 11.6. The van der Waals surface area contributed by atoms with Crippen molar-refractivity contribution in [2.24, 2.45) is 5.92 Å². The molecule has 5 heteroatoms. The van der Waals surface area contributed by atoms with Crippen LogP contribution >= 0.6 is 0 Å². The fourth-order valence-electron chi connectivity index (χ4n) is 2.04. The summed E-state index contributed by atoms with van der Waals surface area (Å²) < 4.78 is 4.86. The predicted molar refractivity (Wildman–Crippen MR) is 56.3 cm³/mol. The van der Waals surface area contributed by atoms with Crippen molar-refractivity contribution >= 4 is 11.8 Å². The molecule has 0 N–H and O–H groups in total. The van der Waals surface area contributed by atoms with Crippen LogP contribution < -0.4 is 34.7 Å². The molecule has 90 valence electrons. The molecule has 1 atom stereocenters. The maximum Gasteiger partial charge on any atom is 1.00 e. The normalized spacial score (nSPS) is 19.9. The van der Waals surface area contributed by atoms with E-state index in [0.29, 0.717) is 12.8 Å². The molecule has 0 fully saturated rings. The Bertz CT molecular complexity index is 322. The van der Waals surface area contributed by atoms with Gasteiger partial charge in [0.15, 0.2) is 0 Å². The van der Waals surface area contributed by atoms with Gasteiger partial charge in [-0.1, -0.05) is 13.3 Å². The summed E-state index contributed by atoms with van der Waals surface area (Å²) >= 11 is 0. The Morgan fingerprint density at radius 2 is 2.12 bits per heavy atom. The zero-order chi connectivity index (χ0) is 12.1. The number of hydrogen-bond acceptors (Lipinski definition) is 4. The van der Waals surface area contributed by atoms with E-state index in [1.807, 2.05) is 6.92 Å². The molecule has 1 aliphatic carbocycles. The summed E-state index contributed by atoms with van der Waals surface area (Å²) in [7, 11) is 0. The number of rotatable bonds is 4. The average Bonchev–Trinajstić information content (AvgIpc) is 2.17. The quantitative estimate of drug-likeness (QED) is 0.424. The van der Waals surface area contributed by atoms with Gasteiger partial charge >= 0.3 is 35.5 Å². The van der Waals surface area contributed by atoms with Crippen molar-refractivity contribution in [1.29, 1.82) is 0 Å². The van der Waals surface area contributed by atoms with Crippen LogP contribution in [0, 0.1) is 5.92 Å². The fourth-order valence-corrected chi connectivity index (χ4v) is 2.04. The summed E-state index contributed by atoms with van der Waals surface area (Å²) in [5.41, 5.74) is 0.198. The van der Waals surface area contributed by atoms with Crippen LogP contribution in [-0.2, 0) is 14.3 Å². The van der Waals surface area contributed by atoms with Gasteiger partial charge in [-0.15, -0.1) is 5.76 Å². The maximum absolute atomic E-state index is 11.6. The van der Waals surface area contributed by atoms with Crippen LogP contribution in [0.5, 0.6) is 0 Å². The second-order valence-electron chi connectivity index (χ2n) is 3.96. The van der Waals surface area contributed by atoms with Crippen molar-refractivity contribution in [3.8, 4) is 0 Å². The molecule has 0 saturated carbocycles. The van der Waals surface area contributed by atoms with Crippen LogP contribution in [0.3, 0.4) is 0 Å². The Kier molecular flexibility index (Phi) is 7.75. The SMILES string of the molecule is CCCC1CC(=O)CC([O-])=C1C(=O)OCC.[Na+]. The molecule has 1 unspecified atom stereocenters. The Labute approximate surface area is 124 Å². The predicted octanol–water partition coefficient (Wildman–Crippen LogP) is -2.05. The van der Waals surface area contributed by atoms with E-state index in [1.165, 1.54) is 0 Å². The molecule has 0 aromatic heterocycles. The van der Waals surface area contributed by atoms with E-state index >= 15 is 0 Å². The number of ether oxygens (including phenoxy) is 1. The number of ketones is 1. The van der Waals surface area contributed by atoms with Crippen LogP contribution in [0.15, 0.2) is 11.3 Å². The third kappa shape index (κ3) is 4.45. The van der Waals surface area contributed by atoms with E-state index in [2.05, 4.69) is 0 Å². The van der Waals surface area contributed by atoms with Gasteiger partial charge in [0, 0.05) is 18.4 Å². The average molecular weight is 248 g/mol. The van der Waals surface area contributed by atoms with Crippen LogP contribution in [0.4, 0.5) is 0 Å². The van der Waals surface area contributed by atoms with Gasteiger partial charge in [-0.2, -0.15) is 0 Å². The molecule has 4 nitrogen and oxygen atoms in total. The van der Waals surface area contributed by atoms with Gasteiger partial charge in [-0.25, -0.2) is 4.79 Å². The molecular weight excluding hydrogens is 231 g/mol. The molecule has 0 bridgehead atoms. The minimum Gasteiger partial charge on any atom is -0.875 e. The monoisotopic (exact) mass is 248 g/mol. The molecule has 0 amide bonds. The molecule has 0 saturated heterocycles. The fraction of sp³-hybridized carbons (Fsp3) is 0.667. The minimum atomic E-state index is -0.543. The molecule has 0 aliphatic heterocycles. The topological polar surface area (TPSA) is 66.4 Å². The van der Waals surface area contributed by atoms with Crippen molar-refractivity contribution in [2.45, 2.75) is 39.5 Å². The van der Waals surface area contributed by atoms with Crippen molar-refractivity contribution in [1.82, 2.24) is 0 Å². The smallest absolute Gasteiger partial charge is 0.875 e.